The molecule has 4 N–H and O–H groups in total. The van der Waals surface area contributed by atoms with E-state index in [1.165, 1.54) is 0 Å². The number of hydrogen-bond donors (Lipinski definition) is 3. The Kier molecular flexibility index (Phi) is 10.7. The number of carbonyl (C=O) groups excluding carboxylic acids is 2. The van der Waals surface area contributed by atoms with Gasteiger partial charge >= 0.3 is 6.03 Å². The van der Waals surface area contributed by atoms with E-state index in [1.54, 1.807) is 0 Å². The van der Waals surface area contributed by atoms with Crippen molar-refractivity contribution in [1.29, 1.82) is 0 Å². The molecule has 0 aromatic heterocycles. The smallest absolute Gasteiger partial charge is 0.318 e. The van der Waals surface area contributed by atoms with Crippen molar-refractivity contribution in [1.82, 2.24) is 5.32 Å². The molecule has 6 heteroatoms. The highest BCUT2D eigenvalue weighted by Crippen LogP contribution is 2.26. The second-order valence-electron chi connectivity index (χ2n) is 3.21. The SMILES string of the molecule is CCC(Br)(CC)C(=O)NC(N)=O.CCCO. The Hall–Kier alpha value is -0.620. The summed E-state index contributed by atoms with van der Waals surface area (Å²) in [7, 11) is 0. The van der Waals surface area contributed by atoms with Crippen LogP contribution in [0, 0.1) is 0 Å². The van der Waals surface area contributed by atoms with Crippen LogP contribution in [-0.2, 0) is 4.79 Å². The summed E-state index contributed by atoms with van der Waals surface area (Å²) in [5.41, 5.74) is 4.81. The van der Waals surface area contributed by atoms with Crippen molar-refractivity contribution >= 4 is 27.9 Å². The summed E-state index contributed by atoms with van der Waals surface area (Å²) in [6.07, 6.45) is 2.10. The van der Waals surface area contributed by atoms with Gasteiger partial charge in [-0.25, -0.2) is 4.79 Å². The molecular weight excluding hydrogens is 276 g/mol. The first-order chi connectivity index (χ1) is 7.37. The number of rotatable bonds is 4. The third-order valence-electron chi connectivity index (χ3n) is 1.99. The highest BCUT2D eigenvalue weighted by molar-refractivity contribution is 9.10. The van der Waals surface area contributed by atoms with Gasteiger partial charge in [0.15, 0.2) is 0 Å². The van der Waals surface area contributed by atoms with Gasteiger partial charge in [0.1, 0.15) is 4.32 Å². The first kappa shape index (κ1) is 17.8. The summed E-state index contributed by atoms with van der Waals surface area (Å²) in [5.74, 6) is -0.375. The topological polar surface area (TPSA) is 92.4 Å². The Morgan fingerprint density at radius 3 is 1.88 bits per heavy atom. The molecule has 0 saturated carbocycles. The molecule has 0 spiro atoms. The quantitative estimate of drug-likeness (QED) is 0.687. The Morgan fingerprint density at radius 1 is 1.31 bits per heavy atom. The lowest BCUT2D eigenvalue weighted by Gasteiger charge is -2.21. The summed E-state index contributed by atoms with van der Waals surface area (Å²) in [5, 5.41) is 9.91. The first-order valence-electron chi connectivity index (χ1n) is 5.28. The number of amides is 3. The van der Waals surface area contributed by atoms with E-state index in [-0.39, 0.29) is 5.91 Å². The van der Waals surface area contributed by atoms with Gasteiger partial charge in [0.05, 0.1) is 0 Å². The minimum Gasteiger partial charge on any atom is -0.396 e. The van der Waals surface area contributed by atoms with Gasteiger partial charge in [-0.05, 0) is 19.3 Å². The van der Waals surface area contributed by atoms with Crippen molar-refractivity contribution in [2.24, 2.45) is 5.73 Å². The highest BCUT2D eigenvalue weighted by atomic mass is 79.9. The van der Waals surface area contributed by atoms with Gasteiger partial charge in [0.25, 0.3) is 0 Å². The summed E-state index contributed by atoms with van der Waals surface area (Å²) in [6, 6.07) is -0.814. The van der Waals surface area contributed by atoms with Gasteiger partial charge in [-0.2, -0.15) is 0 Å². The second-order valence-corrected chi connectivity index (χ2v) is 4.73. The van der Waals surface area contributed by atoms with E-state index >= 15 is 0 Å². The largest absolute Gasteiger partial charge is 0.396 e. The molecule has 0 aliphatic heterocycles. The van der Waals surface area contributed by atoms with Crippen molar-refractivity contribution < 1.29 is 14.7 Å². The van der Waals surface area contributed by atoms with Crippen LogP contribution in [0.4, 0.5) is 4.79 Å². The number of aliphatic hydroxyl groups is 1. The average molecular weight is 297 g/mol. The predicted molar refractivity (Wildman–Crippen MR) is 67.3 cm³/mol. The number of nitrogens with one attached hydrogen (secondary N) is 1. The van der Waals surface area contributed by atoms with Gasteiger partial charge in [-0.1, -0.05) is 36.7 Å². The fourth-order valence-corrected chi connectivity index (χ4v) is 0.894. The van der Waals surface area contributed by atoms with Crippen LogP contribution >= 0.6 is 15.9 Å². The van der Waals surface area contributed by atoms with Crippen LogP contribution in [0.15, 0.2) is 0 Å². The summed E-state index contributed by atoms with van der Waals surface area (Å²) in [6.45, 7) is 5.97. The minimum absolute atomic E-state index is 0.319. The zero-order valence-corrected chi connectivity index (χ0v) is 11.6. The van der Waals surface area contributed by atoms with Crippen LogP contribution in [0.25, 0.3) is 0 Å². The van der Waals surface area contributed by atoms with E-state index in [0.29, 0.717) is 19.4 Å². The van der Waals surface area contributed by atoms with E-state index in [0.717, 1.165) is 6.42 Å². The second kappa shape index (κ2) is 9.59. The first-order valence-corrected chi connectivity index (χ1v) is 6.07. The van der Waals surface area contributed by atoms with Crippen LogP contribution < -0.4 is 11.1 Å². The lowest BCUT2D eigenvalue weighted by Crippen LogP contribution is -2.46. The maximum absolute atomic E-state index is 11.3. The minimum atomic E-state index is -0.814. The maximum Gasteiger partial charge on any atom is 0.318 e. The molecule has 3 amide bonds. The number of nitrogens with two attached hydrogens (primary N) is 1. The summed E-state index contributed by atoms with van der Waals surface area (Å²) < 4.78 is -0.665. The van der Waals surface area contributed by atoms with Crippen molar-refractivity contribution in [3.8, 4) is 0 Å². The third kappa shape index (κ3) is 7.64. The van der Waals surface area contributed by atoms with E-state index in [1.807, 2.05) is 26.1 Å². The normalized spacial score (nSPS) is 10.1. The summed E-state index contributed by atoms with van der Waals surface area (Å²) >= 11 is 3.26. The number of aliphatic hydroxyl groups excluding tert-OH is 1. The van der Waals surface area contributed by atoms with Crippen LogP contribution in [0.5, 0.6) is 0 Å². The lowest BCUT2D eigenvalue weighted by atomic mass is 10.0. The monoisotopic (exact) mass is 296 g/mol. The highest BCUT2D eigenvalue weighted by Gasteiger charge is 2.32. The zero-order valence-electron chi connectivity index (χ0n) is 10.0. The molecule has 0 aliphatic rings. The van der Waals surface area contributed by atoms with Gasteiger partial charge in [0.2, 0.25) is 5.91 Å². The molecule has 0 bridgehead atoms. The molecule has 5 nitrogen and oxygen atoms in total. The van der Waals surface area contributed by atoms with Crippen LogP contribution in [0.3, 0.4) is 0 Å². The molecule has 0 radical (unpaired) electrons. The predicted octanol–water partition coefficient (Wildman–Crippen LogP) is 1.52. The summed E-state index contributed by atoms with van der Waals surface area (Å²) in [4.78, 5) is 21.6. The maximum atomic E-state index is 11.3. The molecule has 0 unspecified atom stereocenters. The Balaban J connectivity index is 0. The van der Waals surface area contributed by atoms with Gasteiger partial charge < -0.3 is 10.8 Å². The molecule has 0 heterocycles. The molecule has 96 valence electrons. The Morgan fingerprint density at radius 2 is 1.69 bits per heavy atom. The molecule has 0 rings (SSSR count). The number of primary amides is 1. The van der Waals surface area contributed by atoms with Crippen molar-refractivity contribution in [2.75, 3.05) is 6.61 Å². The van der Waals surface area contributed by atoms with Gasteiger partial charge in [-0.3, -0.25) is 10.1 Å². The molecular formula is C10H21BrN2O3. The van der Waals surface area contributed by atoms with Crippen molar-refractivity contribution in [2.45, 2.75) is 44.4 Å². The average Bonchev–Trinajstić information content (AvgIpc) is 2.27. The number of halogens is 1. The molecule has 0 atom stereocenters. The molecule has 0 aromatic rings. The van der Waals surface area contributed by atoms with Crippen LogP contribution in [0.1, 0.15) is 40.0 Å². The number of carbonyl (C=O) groups is 2. The lowest BCUT2D eigenvalue weighted by molar-refractivity contribution is -0.122. The molecule has 0 aromatic carbocycles. The van der Waals surface area contributed by atoms with Crippen LogP contribution in [0.2, 0.25) is 0 Å². The van der Waals surface area contributed by atoms with Crippen molar-refractivity contribution in [3.05, 3.63) is 0 Å². The Labute approximate surface area is 105 Å². The number of hydrogen-bond acceptors (Lipinski definition) is 3. The van der Waals surface area contributed by atoms with Gasteiger partial charge in [0, 0.05) is 6.61 Å². The fourth-order valence-electron chi connectivity index (χ4n) is 0.795. The molecule has 0 aliphatic carbocycles. The molecule has 16 heavy (non-hydrogen) atoms. The molecule has 0 fully saturated rings. The number of urea groups is 1. The van der Waals surface area contributed by atoms with E-state index in [9.17, 15) is 9.59 Å². The molecule has 0 saturated heterocycles. The third-order valence-corrected chi connectivity index (χ3v) is 3.47. The van der Waals surface area contributed by atoms with E-state index < -0.39 is 10.4 Å². The van der Waals surface area contributed by atoms with E-state index in [4.69, 9.17) is 10.8 Å². The zero-order chi connectivity index (χ0) is 13.2. The number of imide groups is 1. The van der Waals surface area contributed by atoms with E-state index in [2.05, 4.69) is 15.9 Å². The standard InChI is InChI=1S/C7H13BrN2O2.C3H8O/c1-3-7(8,4-2)5(11)10-6(9)12;1-2-3-4/h3-4H2,1-2H3,(H3,9,10,11,12);4H,2-3H2,1H3. The van der Waals surface area contributed by atoms with Crippen LogP contribution in [-0.4, -0.2) is 28.0 Å². The fraction of sp³-hybridized carbons (Fsp3) is 0.800. The van der Waals surface area contributed by atoms with Crippen molar-refractivity contribution in [3.63, 3.8) is 0 Å². The Bertz CT molecular complexity index is 216. The number of alkyl halides is 1. The van der Waals surface area contributed by atoms with Gasteiger partial charge in [-0.15, -0.1) is 0 Å².